The molecule has 0 radical (unpaired) electrons. The summed E-state index contributed by atoms with van der Waals surface area (Å²) in [5, 5.41) is 24.3. The monoisotopic (exact) mass is 438 g/mol. The highest BCUT2D eigenvalue weighted by Crippen LogP contribution is 2.55. The molecule has 0 saturated carbocycles. The van der Waals surface area contributed by atoms with Crippen LogP contribution in [-0.4, -0.2) is 56.3 Å². The minimum atomic E-state index is -3.66. The van der Waals surface area contributed by atoms with Crippen molar-refractivity contribution in [3.05, 3.63) is 47.8 Å². The quantitative estimate of drug-likeness (QED) is 0.553. The number of carbonyl (C=O) groups is 1. The third kappa shape index (κ3) is 3.83. The summed E-state index contributed by atoms with van der Waals surface area (Å²) in [5.41, 5.74) is 5.78. The SMILES string of the molecule is COc1ccc2c(c1)COP(=O)(/C=C/C1OC(n3cnc(C(N)=O)n3)[C@H](O)[C@@H]1O)O2. The fourth-order valence-electron chi connectivity index (χ4n) is 3.04. The van der Waals surface area contributed by atoms with Crippen LogP contribution >= 0.6 is 7.60 Å². The van der Waals surface area contributed by atoms with E-state index in [1.165, 1.54) is 19.0 Å². The number of aliphatic hydroxyl groups excluding tert-OH is 2. The maximum atomic E-state index is 12.9. The molecule has 2 aromatic rings. The number of methoxy groups -OCH3 is 1. The summed E-state index contributed by atoms with van der Waals surface area (Å²) < 4.78 is 35.5. The summed E-state index contributed by atoms with van der Waals surface area (Å²) in [6.07, 6.45) is -2.48. The summed E-state index contributed by atoms with van der Waals surface area (Å²) in [5.74, 6) is 1.06. The van der Waals surface area contributed by atoms with Crippen LogP contribution in [0.1, 0.15) is 22.4 Å². The van der Waals surface area contributed by atoms with E-state index < -0.39 is 38.0 Å². The highest BCUT2D eigenvalue weighted by atomic mass is 31.2. The van der Waals surface area contributed by atoms with Crippen molar-refractivity contribution in [2.24, 2.45) is 5.73 Å². The van der Waals surface area contributed by atoms with Crippen LogP contribution in [0, 0.1) is 0 Å². The van der Waals surface area contributed by atoms with E-state index in [0.29, 0.717) is 17.1 Å². The molecule has 30 heavy (non-hydrogen) atoms. The standard InChI is InChI=1S/C17H19N4O8P/c1-26-10-2-3-11-9(6-10)7-27-30(25,29-11)5-4-12-13(22)14(23)17(28-12)21-8-19-16(20-21)15(18)24/h2-6,8,12-14,17,22-23H,7H2,1H3,(H2,18,24)/b5-4+/t12?,13-,14-,17?,30?/m1/s1. The Labute approximate surface area is 170 Å². The summed E-state index contributed by atoms with van der Waals surface area (Å²) in [7, 11) is -2.13. The predicted octanol–water partition coefficient (Wildman–Crippen LogP) is 0.321. The van der Waals surface area contributed by atoms with Crippen molar-refractivity contribution >= 4 is 13.5 Å². The van der Waals surface area contributed by atoms with E-state index in [2.05, 4.69) is 10.1 Å². The van der Waals surface area contributed by atoms with Gasteiger partial charge >= 0.3 is 7.60 Å². The van der Waals surface area contributed by atoms with Gasteiger partial charge in [-0.15, -0.1) is 5.10 Å². The molecular formula is C17H19N4O8P. The number of primary amides is 1. The second kappa shape index (κ2) is 7.82. The van der Waals surface area contributed by atoms with Gasteiger partial charge in [-0.1, -0.05) is 0 Å². The fraction of sp³-hybridized carbons (Fsp3) is 0.353. The Balaban J connectivity index is 1.48. The average molecular weight is 438 g/mol. The lowest BCUT2D eigenvalue weighted by atomic mass is 10.1. The molecule has 1 saturated heterocycles. The van der Waals surface area contributed by atoms with E-state index in [1.807, 2.05) is 0 Å². The van der Waals surface area contributed by atoms with Crippen molar-refractivity contribution in [1.29, 1.82) is 0 Å². The minimum Gasteiger partial charge on any atom is -0.497 e. The number of carbonyl (C=O) groups excluding carboxylic acids is 1. The number of rotatable bonds is 5. The van der Waals surface area contributed by atoms with Crippen molar-refractivity contribution in [1.82, 2.24) is 14.8 Å². The van der Waals surface area contributed by atoms with Gasteiger partial charge < -0.3 is 29.9 Å². The zero-order valence-corrected chi connectivity index (χ0v) is 16.6. The Morgan fingerprint density at radius 3 is 2.90 bits per heavy atom. The molecule has 0 bridgehead atoms. The van der Waals surface area contributed by atoms with Crippen LogP contribution in [0.4, 0.5) is 0 Å². The van der Waals surface area contributed by atoms with Crippen molar-refractivity contribution in [3.63, 3.8) is 0 Å². The molecule has 0 spiro atoms. The maximum Gasteiger partial charge on any atom is 0.403 e. The van der Waals surface area contributed by atoms with Crippen LogP contribution in [0.2, 0.25) is 0 Å². The Bertz CT molecular complexity index is 1040. The van der Waals surface area contributed by atoms with Crippen molar-refractivity contribution in [3.8, 4) is 11.5 Å². The van der Waals surface area contributed by atoms with Crippen LogP contribution in [0.15, 0.2) is 36.4 Å². The van der Waals surface area contributed by atoms with E-state index in [-0.39, 0.29) is 12.4 Å². The van der Waals surface area contributed by atoms with Crippen LogP contribution < -0.4 is 15.0 Å². The molecule has 13 heteroatoms. The average Bonchev–Trinajstić information content (AvgIpc) is 3.32. The molecule has 1 aromatic heterocycles. The normalized spacial score (nSPS) is 30.8. The molecule has 4 rings (SSSR count). The van der Waals surface area contributed by atoms with Gasteiger partial charge in [0.25, 0.3) is 5.91 Å². The van der Waals surface area contributed by atoms with Crippen LogP contribution in [0.3, 0.4) is 0 Å². The van der Waals surface area contributed by atoms with Gasteiger partial charge in [-0.3, -0.25) is 9.32 Å². The van der Waals surface area contributed by atoms with Gasteiger partial charge in [0, 0.05) is 11.4 Å². The van der Waals surface area contributed by atoms with E-state index in [4.69, 9.17) is 24.3 Å². The Hall–Kier alpha value is -2.76. The van der Waals surface area contributed by atoms with E-state index in [1.54, 1.807) is 18.2 Å². The molecule has 1 aromatic carbocycles. The smallest absolute Gasteiger partial charge is 0.403 e. The lowest BCUT2D eigenvalue weighted by Gasteiger charge is -2.24. The molecule has 0 aliphatic carbocycles. The van der Waals surface area contributed by atoms with Gasteiger partial charge in [0.2, 0.25) is 5.82 Å². The number of benzene rings is 1. The molecule has 12 nitrogen and oxygen atoms in total. The first-order valence-electron chi connectivity index (χ1n) is 8.82. The second-order valence-corrected chi connectivity index (χ2v) is 8.42. The lowest BCUT2D eigenvalue weighted by Crippen LogP contribution is -2.31. The number of aromatic nitrogens is 3. The molecular weight excluding hydrogens is 419 g/mol. The van der Waals surface area contributed by atoms with E-state index in [9.17, 15) is 19.6 Å². The van der Waals surface area contributed by atoms with Crippen LogP contribution in [-0.2, 0) is 20.4 Å². The van der Waals surface area contributed by atoms with E-state index >= 15 is 0 Å². The molecule has 3 unspecified atom stereocenters. The van der Waals surface area contributed by atoms with Crippen molar-refractivity contribution in [2.75, 3.05) is 7.11 Å². The van der Waals surface area contributed by atoms with Gasteiger partial charge in [0.05, 0.1) is 13.7 Å². The molecule has 4 N–H and O–H groups in total. The summed E-state index contributed by atoms with van der Waals surface area (Å²) in [6, 6.07) is 5.01. The van der Waals surface area contributed by atoms with Gasteiger partial charge in [0.15, 0.2) is 6.23 Å². The first kappa shape index (κ1) is 20.5. The minimum absolute atomic E-state index is 0.0440. The first-order chi connectivity index (χ1) is 14.3. The number of fused-ring (bicyclic) bond motifs is 1. The van der Waals surface area contributed by atoms with Crippen LogP contribution in [0.5, 0.6) is 11.5 Å². The van der Waals surface area contributed by atoms with Gasteiger partial charge in [-0.05, 0) is 24.3 Å². The zero-order valence-electron chi connectivity index (χ0n) is 15.7. The topological polar surface area (TPSA) is 168 Å². The highest BCUT2D eigenvalue weighted by Gasteiger charge is 2.44. The largest absolute Gasteiger partial charge is 0.497 e. The molecule has 3 heterocycles. The second-order valence-electron chi connectivity index (χ2n) is 6.60. The number of nitrogens with zero attached hydrogens (tertiary/aromatic N) is 3. The third-order valence-corrected chi connectivity index (χ3v) is 6.09. The molecule has 2 aliphatic heterocycles. The Morgan fingerprint density at radius 2 is 2.20 bits per heavy atom. The van der Waals surface area contributed by atoms with Gasteiger partial charge in [0.1, 0.15) is 36.1 Å². The zero-order chi connectivity index (χ0) is 21.5. The summed E-state index contributed by atoms with van der Waals surface area (Å²) >= 11 is 0. The maximum absolute atomic E-state index is 12.9. The third-order valence-electron chi connectivity index (χ3n) is 4.62. The van der Waals surface area contributed by atoms with Gasteiger partial charge in [-0.2, -0.15) is 0 Å². The lowest BCUT2D eigenvalue weighted by molar-refractivity contribution is -0.0346. The predicted molar refractivity (Wildman–Crippen MR) is 99.6 cm³/mol. The Kier molecular flexibility index (Phi) is 5.35. The first-order valence-corrected chi connectivity index (χ1v) is 10.4. The Morgan fingerprint density at radius 1 is 1.40 bits per heavy atom. The van der Waals surface area contributed by atoms with Crippen molar-refractivity contribution < 1.29 is 38.1 Å². The molecule has 2 aliphatic rings. The highest BCUT2D eigenvalue weighted by molar-refractivity contribution is 7.57. The number of aliphatic hydroxyl groups is 2. The fourth-order valence-corrected chi connectivity index (χ4v) is 4.40. The van der Waals surface area contributed by atoms with Crippen LogP contribution in [0.25, 0.3) is 0 Å². The molecule has 1 fully saturated rings. The number of hydrogen-bond donors (Lipinski definition) is 3. The molecule has 160 valence electrons. The number of amides is 1. The van der Waals surface area contributed by atoms with E-state index in [0.717, 1.165) is 11.0 Å². The number of hydrogen-bond acceptors (Lipinski definition) is 10. The molecule has 5 atom stereocenters. The summed E-state index contributed by atoms with van der Waals surface area (Å²) in [6.45, 7) is 0.0440. The summed E-state index contributed by atoms with van der Waals surface area (Å²) in [4.78, 5) is 14.8. The van der Waals surface area contributed by atoms with Gasteiger partial charge in [-0.25, -0.2) is 14.2 Å². The number of nitrogens with two attached hydrogens (primary N) is 1. The molecule has 1 amide bonds. The number of ether oxygens (including phenoxy) is 2. The van der Waals surface area contributed by atoms with Crippen molar-refractivity contribution in [2.45, 2.75) is 31.1 Å².